The molecule has 3 N–H and O–H groups in total. The van der Waals surface area contributed by atoms with Gasteiger partial charge in [-0.3, -0.25) is 9.52 Å². The van der Waals surface area contributed by atoms with Gasteiger partial charge in [0.1, 0.15) is 5.75 Å². The van der Waals surface area contributed by atoms with Crippen molar-refractivity contribution in [2.45, 2.75) is 11.4 Å². The number of methoxy groups -OCH3 is 1. The van der Waals surface area contributed by atoms with Crippen LogP contribution < -0.4 is 15.2 Å². The van der Waals surface area contributed by atoms with Crippen LogP contribution in [-0.4, -0.2) is 13.0 Å². The standard InChI is InChI=1S/C15H16N2O2S/c1-19-13-4-2-3-12(9-13)15(18)17-20-14-7-5-11(10-16)6-8-14/h2-9H,10,16H2,1H3,(H,17,18). The van der Waals surface area contributed by atoms with Crippen LogP contribution in [0.3, 0.4) is 0 Å². The highest BCUT2D eigenvalue weighted by atomic mass is 32.2. The van der Waals surface area contributed by atoms with Gasteiger partial charge in [-0.15, -0.1) is 0 Å². The number of hydrogen-bond donors (Lipinski definition) is 2. The van der Waals surface area contributed by atoms with Gasteiger partial charge >= 0.3 is 0 Å². The molecule has 0 atom stereocenters. The number of benzene rings is 2. The molecule has 1 amide bonds. The minimum atomic E-state index is -0.156. The van der Waals surface area contributed by atoms with Crippen molar-refractivity contribution >= 4 is 17.9 Å². The Hall–Kier alpha value is -1.98. The van der Waals surface area contributed by atoms with Crippen LogP contribution in [0, 0.1) is 0 Å². The highest BCUT2D eigenvalue weighted by Gasteiger charge is 2.06. The summed E-state index contributed by atoms with van der Waals surface area (Å²) in [4.78, 5) is 13.0. The molecule has 0 aliphatic carbocycles. The van der Waals surface area contributed by atoms with E-state index in [0.717, 1.165) is 10.5 Å². The van der Waals surface area contributed by atoms with Gasteiger partial charge in [-0.2, -0.15) is 0 Å². The summed E-state index contributed by atoms with van der Waals surface area (Å²) in [5, 5.41) is 0. The minimum absolute atomic E-state index is 0.156. The van der Waals surface area contributed by atoms with Crippen LogP contribution >= 0.6 is 11.9 Å². The fraction of sp³-hybridized carbons (Fsp3) is 0.133. The Morgan fingerprint density at radius 1 is 1.25 bits per heavy atom. The van der Waals surface area contributed by atoms with Gasteiger partial charge in [-0.25, -0.2) is 0 Å². The van der Waals surface area contributed by atoms with Gasteiger partial charge in [0.2, 0.25) is 0 Å². The third-order valence-corrected chi connectivity index (χ3v) is 3.55. The molecule has 0 spiro atoms. The summed E-state index contributed by atoms with van der Waals surface area (Å²) in [5.41, 5.74) is 7.17. The van der Waals surface area contributed by atoms with E-state index >= 15 is 0 Å². The van der Waals surface area contributed by atoms with E-state index in [4.69, 9.17) is 10.5 Å². The van der Waals surface area contributed by atoms with Crippen molar-refractivity contribution in [2.75, 3.05) is 7.11 Å². The molecule has 4 nitrogen and oxygen atoms in total. The van der Waals surface area contributed by atoms with Gasteiger partial charge in [0.25, 0.3) is 5.91 Å². The zero-order valence-corrected chi connectivity index (χ0v) is 11.9. The quantitative estimate of drug-likeness (QED) is 0.830. The number of amides is 1. The maximum absolute atomic E-state index is 12.0. The van der Waals surface area contributed by atoms with Crippen molar-refractivity contribution in [3.63, 3.8) is 0 Å². The Morgan fingerprint density at radius 3 is 2.65 bits per heavy atom. The molecule has 0 radical (unpaired) electrons. The monoisotopic (exact) mass is 288 g/mol. The maximum Gasteiger partial charge on any atom is 0.261 e. The number of nitrogens with one attached hydrogen (secondary N) is 1. The van der Waals surface area contributed by atoms with Crippen molar-refractivity contribution < 1.29 is 9.53 Å². The van der Waals surface area contributed by atoms with Crippen LogP contribution in [0.2, 0.25) is 0 Å². The summed E-state index contributed by atoms with van der Waals surface area (Å²) in [6, 6.07) is 14.8. The van der Waals surface area contributed by atoms with Crippen LogP contribution in [0.1, 0.15) is 15.9 Å². The lowest BCUT2D eigenvalue weighted by Gasteiger charge is -2.06. The second-order valence-electron chi connectivity index (χ2n) is 4.11. The van der Waals surface area contributed by atoms with E-state index < -0.39 is 0 Å². The fourth-order valence-electron chi connectivity index (χ4n) is 1.62. The van der Waals surface area contributed by atoms with E-state index in [0.29, 0.717) is 17.9 Å². The van der Waals surface area contributed by atoms with Crippen molar-refractivity contribution in [2.24, 2.45) is 5.73 Å². The molecule has 2 aromatic carbocycles. The first-order valence-corrected chi connectivity index (χ1v) is 6.95. The number of rotatable bonds is 5. The Morgan fingerprint density at radius 2 is 2.00 bits per heavy atom. The molecule has 0 aliphatic rings. The van der Waals surface area contributed by atoms with Crippen molar-refractivity contribution in [3.05, 3.63) is 59.7 Å². The fourth-order valence-corrected chi connectivity index (χ4v) is 2.22. The molecule has 2 rings (SSSR count). The first-order chi connectivity index (χ1) is 9.72. The minimum Gasteiger partial charge on any atom is -0.497 e. The lowest BCUT2D eigenvalue weighted by Crippen LogP contribution is -2.15. The molecule has 0 saturated carbocycles. The zero-order valence-electron chi connectivity index (χ0n) is 11.1. The topological polar surface area (TPSA) is 64.3 Å². The average Bonchev–Trinajstić information content (AvgIpc) is 2.53. The molecule has 0 aliphatic heterocycles. The van der Waals surface area contributed by atoms with Crippen molar-refractivity contribution in [1.82, 2.24) is 4.72 Å². The Kier molecular flexibility index (Phi) is 5.03. The molecule has 0 heterocycles. The lowest BCUT2D eigenvalue weighted by molar-refractivity contribution is 0.0984. The number of nitrogens with two attached hydrogens (primary N) is 1. The number of hydrogen-bond acceptors (Lipinski definition) is 4. The average molecular weight is 288 g/mol. The molecule has 0 bridgehead atoms. The Balaban J connectivity index is 1.97. The van der Waals surface area contributed by atoms with Crippen LogP contribution in [0.15, 0.2) is 53.4 Å². The highest BCUT2D eigenvalue weighted by Crippen LogP contribution is 2.17. The maximum atomic E-state index is 12.0. The van der Waals surface area contributed by atoms with Gasteiger partial charge in [0, 0.05) is 17.0 Å². The molecular weight excluding hydrogens is 272 g/mol. The molecule has 5 heteroatoms. The summed E-state index contributed by atoms with van der Waals surface area (Å²) < 4.78 is 7.89. The van der Waals surface area contributed by atoms with Gasteiger partial charge in [-0.05, 0) is 47.8 Å². The molecule has 104 valence electrons. The molecule has 0 fully saturated rings. The van der Waals surface area contributed by atoms with E-state index in [9.17, 15) is 4.79 Å². The number of ether oxygens (including phenoxy) is 1. The smallest absolute Gasteiger partial charge is 0.261 e. The van der Waals surface area contributed by atoms with Crippen LogP contribution in [-0.2, 0) is 6.54 Å². The molecule has 2 aromatic rings. The first kappa shape index (κ1) is 14.4. The predicted octanol–water partition coefficient (Wildman–Crippen LogP) is 2.59. The summed E-state index contributed by atoms with van der Waals surface area (Å²) in [6.45, 7) is 0.515. The van der Waals surface area contributed by atoms with Crippen molar-refractivity contribution in [3.8, 4) is 5.75 Å². The zero-order chi connectivity index (χ0) is 14.4. The lowest BCUT2D eigenvalue weighted by atomic mass is 10.2. The highest BCUT2D eigenvalue weighted by molar-refractivity contribution is 7.98. The normalized spacial score (nSPS) is 10.1. The third-order valence-electron chi connectivity index (χ3n) is 2.75. The van der Waals surface area contributed by atoms with Gasteiger partial charge < -0.3 is 10.5 Å². The van der Waals surface area contributed by atoms with Crippen molar-refractivity contribution in [1.29, 1.82) is 0 Å². The summed E-state index contributed by atoms with van der Waals surface area (Å²) >= 11 is 1.27. The molecule has 0 saturated heterocycles. The molecule has 0 unspecified atom stereocenters. The van der Waals surface area contributed by atoms with Gasteiger partial charge in [0.05, 0.1) is 7.11 Å². The summed E-state index contributed by atoms with van der Waals surface area (Å²) in [6.07, 6.45) is 0. The van der Waals surface area contributed by atoms with E-state index in [2.05, 4.69) is 4.72 Å². The molecule has 20 heavy (non-hydrogen) atoms. The summed E-state index contributed by atoms with van der Waals surface area (Å²) in [5.74, 6) is 0.506. The molecular formula is C15H16N2O2S. The predicted molar refractivity (Wildman–Crippen MR) is 80.7 cm³/mol. The Bertz CT molecular complexity index is 585. The van der Waals surface area contributed by atoms with E-state index in [1.165, 1.54) is 11.9 Å². The second-order valence-corrected chi connectivity index (χ2v) is 4.99. The molecule has 0 aromatic heterocycles. The second kappa shape index (κ2) is 6.98. The number of carbonyl (C=O) groups is 1. The summed E-state index contributed by atoms with van der Waals surface area (Å²) in [7, 11) is 1.57. The number of carbonyl (C=O) groups excluding carboxylic acids is 1. The van der Waals surface area contributed by atoms with E-state index in [1.54, 1.807) is 31.4 Å². The Labute approximate surface area is 122 Å². The third kappa shape index (κ3) is 3.76. The van der Waals surface area contributed by atoms with E-state index in [-0.39, 0.29) is 5.91 Å². The van der Waals surface area contributed by atoms with Crippen LogP contribution in [0.5, 0.6) is 5.75 Å². The van der Waals surface area contributed by atoms with Crippen LogP contribution in [0.25, 0.3) is 0 Å². The van der Waals surface area contributed by atoms with Gasteiger partial charge in [0.15, 0.2) is 0 Å². The largest absolute Gasteiger partial charge is 0.497 e. The first-order valence-electron chi connectivity index (χ1n) is 6.13. The van der Waals surface area contributed by atoms with Gasteiger partial charge in [-0.1, -0.05) is 18.2 Å². The van der Waals surface area contributed by atoms with E-state index in [1.807, 2.05) is 24.3 Å². The van der Waals surface area contributed by atoms with Crippen LogP contribution in [0.4, 0.5) is 0 Å². The SMILES string of the molecule is COc1cccc(C(=O)NSc2ccc(CN)cc2)c1.